The lowest BCUT2D eigenvalue weighted by atomic mass is 10.1. The van der Waals surface area contributed by atoms with Crippen LogP contribution in [-0.2, 0) is 16.1 Å². The average Bonchev–Trinajstić information content (AvgIpc) is 3.24. The molecular weight excluding hydrogens is 294 g/mol. The molecule has 0 saturated carbocycles. The van der Waals surface area contributed by atoms with Gasteiger partial charge in [0, 0.05) is 0 Å². The highest BCUT2D eigenvalue weighted by molar-refractivity contribution is 5.93. The summed E-state index contributed by atoms with van der Waals surface area (Å²) < 4.78 is 11.7. The summed E-state index contributed by atoms with van der Waals surface area (Å²) in [6.07, 6.45) is 3.66. The van der Waals surface area contributed by atoms with Crippen molar-refractivity contribution in [3.05, 3.63) is 53.6 Å². The second-order valence-corrected chi connectivity index (χ2v) is 5.53. The first-order valence-electron chi connectivity index (χ1n) is 7.62. The first-order chi connectivity index (χ1) is 11.3. The van der Waals surface area contributed by atoms with E-state index in [0.29, 0.717) is 19.0 Å². The van der Waals surface area contributed by atoms with E-state index in [9.17, 15) is 0 Å². The van der Waals surface area contributed by atoms with E-state index < -0.39 is 0 Å². The summed E-state index contributed by atoms with van der Waals surface area (Å²) in [5.41, 5.74) is 7.67. The molecule has 0 bridgehead atoms. The molecule has 7 nitrogen and oxygen atoms in total. The van der Waals surface area contributed by atoms with E-state index >= 15 is 0 Å². The van der Waals surface area contributed by atoms with Gasteiger partial charge in [-0.05, 0) is 18.4 Å². The minimum atomic E-state index is -0.0212. The largest absolute Gasteiger partial charge is 0.379 e. The molecular formula is C16H21N5O2. The Hall–Kier alpha value is -2.38. The van der Waals surface area contributed by atoms with Gasteiger partial charge in [-0.25, -0.2) is 4.98 Å². The highest BCUT2D eigenvalue weighted by atomic mass is 16.5. The Morgan fingerprint density at radius 1 is 1.35 bits per heavy atom. The summed E-state index contributed by atoms with van der Waals surface area (Å²) in [5.74, 6) is 5.79. The molecule has 1 aromatic heterocycles. The fraction of sp³-hybridized carbons (Fsp3) is 0.375. The van der Waals surface area contributed by atoms with Crippen LogP contribution in [0.5, 0.6) is 0 Å². The van der Waals surface area contributed by atoms with Crippen molar-refractivity contribution in [1.82, 2.24) is 9.97 Å². The third-order valence-electron chi connectivity index (χ3n) is 3.85. The fourth-order valence-corrected chi connectivity index (χ4v) is 2.63. The second-order valence-electron chi connectivity index (χ2n) is 5.53. The van der Waals surface area contributed by atoms with E-state index in [4.69, 9.17) is 21.1 Å². The molecule has 1 aliphatic heterocycles. The highest BCUT2D eigenvalue weighted by Crippen LogP contribution is 2.31. The Kier molecular flexibility index (Phi) is 4.89. The number of hydrazone groups is 1. The van der Waals surface area contributed by atoms with Crippen molar-refractivity contribution >= 4 is 5.84 Å². The van der Waals surface area contributed by atoms with Gasteiger partial charge in [-0.2, -0.15) is 5.10 Å². The summed E-state index contributed by atoms with van der Waals surface area (Å²) in [4.78, 5) is 7.25. The summed E-state index contributed by atoms with van der Waals surface area (Å²) in [6, 6.07) is 10.1. The van der Waals surface area contributed by atoms with E-state index in [1.54, 1.807) is 6.20 Å². The van der Waals surface area contributed by atoms with E-state index in [1.165, 1.54) is 0 Å². The number of nitrogens with zero attached hydrogens (tertiary/aromatic N) is 2. The van der Waals surface area contributed by atoms with Crippen molar-refractivity contribution in [2.45, 2.75) is 31.7 Å². The fourth-order valence-electron chi connectivity index (χ4n) is 2.63. The van der Waals surface area contributed by atoms with Crippen LogP contribution in [0.2, 0.25) is 0 Å². The molecule has 3 rings (SSSR count). The third-order valence-corrected chi connectivity index (χ3v) is 3.85. The van der Waals surface area contributed by atoms with E-state index in [2.05, 4.69) is 15.1 Å². The van der Waals surface area contributed by atoms with Gasteiger partial charge in [0.1, 0.15) is 0 Å². The van der Waals surface area contributed by atoms with Crippen molar-refractivity contribution in [2.75, 3.05) is 6.61 Å². The molecule has 1 aliphatic rings. The van der Waals surface area contributed by atoms with Gasteiger partial charge >= 0.3 is 0 Å². The Balaban J connectivity index is 1.48. The summed E-state index contributed by atoms with van der Waals surface area (Å²) >= 11 is 0. The molecule has 122 valence electrons. The molecule has 0 unspecified atom stereocenters. The quantitative estimate of drug-likeness (QED) is 0.323. The summed E-state index contributed by atoms with van der Waals surface area (Å²) in [7, 11) is 0. The van der Waals surface area contributed by atoms with Crippen molar-refractivity contribution in [3.63, 3.8) is 0 Å². The molecule has 0 amide bonds. The summed E-state index contributed by atoms with van der Waals surface area (Å²) in [6.45, 7) is 1.18. The molecule has 2 aromatic rings. The van der Waals surface area contributed by atoms with Crippen LogP contribution in [0, 0.1) is 0 Å². The Morgan fingerprint density at radius 2 is 2.17 bits per heavy atom. The maximum atomic E-state index is 6.00. The maximum Gasteiger partial charge on any atom is 0.186 e. The van der Waals surface area contributed by atoms with Gasteiger partial charge in [-0.3, -0.25) is 0 Å². The number of ether oxygens (including phenoxy) is 2. The minimum Gasteiger partial charge on any atom is -0.379 e. The molecule has 7 heteroatoms. The van der Waals surface area contributed by atoms with Gasteiger partial charge in [0.05, 0.1) is 37.3 Å². The predicted octanol–water partition coefficient (Wildman–Crippen LogP) is 1.43. The number of aromatic nitrogens is 2. The lowest BCUT2D eigenvalue weighted by Gasteiger charge is -2.13. The molecule has 0 radical (unpaired) electrons. The SMILES string of the molecule is N/N=C(/N)c1ncc([C@H]2CC[C@@H](COCc3ccccc3)O2)[nH]1. The van der Waals surface area contributed by atoms with Crippen molar-refractivity contribution in [3.8, 4) is 0 Å². The van der Waals surface area contributed by atoms with Crippen LogP contribution in [0.25, 0.3) is 0 Å². The van der Waals surface area contributed by atoms with E-state index in [1.807, 2.05) is 30.3 Å². The predicted molar refractivity (Wildman–Crippen MR) is 86.4 cm³/mol. The number of nitrogens with two attached hydrogens (primary N) is 2. The number of H-pyrrole nitrogens is 1. The topological polar surface area (TPSA) is 112 Å². The first-order valence-corrected chi connectivity index (χ1v) is 7.62. The number of hydrogen-bond donors (Lipinski definition) is 3. The molecule has 0 spiro atoms. The molecule has 2 atom stereocenters. The van der Waals surface area contributed by atoms with Crippen LogP contribution >= 0.6 is 0 Å². The van der Waals surface area contributed by atoms with Crippen LogP contribution in [0.4, 0.5) is 0 Å². The van der Waals surface area contributed by atoms with Gasteiger partial charge in [0.2, 0.25) is 0 Å². The number of amidine groups is 1. The van der Waals surface area contributed by atoms with Crippen LogP contribution in [0.1, 0.15) is 36.0 Å². The van der Waals surface area contributed by atoms with Gasteiger partial charge in [0.25, 0.3) is 0 Å². The molecule has 23 heavy (non-hydrogen) atoms. The van der Waals surface area contributed by atoms with Crippen molar-refractivity contribution in [1.29, 1.82) is 0 Å². The zero-order valence-electron chi connectivity index (χ0n) is 12.8. The number of imidazole rings is 1. The number of nitrogens with one attached hydrogen (secondary N) is 1. The van der Waals surface area contributed by atoms with Crippen LogP contribution in [0.3, 0.4) is 0 Å². The Bertz CT molecular complexity index is 656. The number of benzene rings is 1. The molecule has 0 aliphatic carbocycles. The van der Waals surface area contributed by atoms with Crippen molar-refractivity contribution in [2.24, 2.45) is 16.7 Å². The van der Waals surface area contributed by atoms with Gasteiger partial charge in [-0.15, -0.1) is 0 Å². The van der Waals surface area contributed by atoms with Gasteiger partial charge in [-0.1, -0.05) is 30.3 Å². The highest BCUT2D eigenvalue weighted by Gasteiger charge is 2.28. The zero-order valence-corrected chi connectivity index (χ0v) is 12.8. The van der Waals surface area contributed by atoms with Gasteiger partial charge < -0.3 is 26.0 Å². The molecule has 1 saturated heterocycles. The minimum absolute atomic E-state index is 0.0212. The van der Waals surface area contributed by atoms with Crippen molar-refractivity contribution < 1.29 is 9.47 Å². The third kappa shape index (κ3) is 3.88. The van der Waals surface area contributed by atoms with E-state index in [0.717, 1.165) is 24.1 Å². The maximum absolute atomic E-state index is 6.00. The van der Waals surface area contributed by atoms with E-state index in [-0.39, 0.29) is 18.0 Å². The Labute approximate surface area is 134 Å². The molecule has 2 heterocycles. The smallest absolute Gasteiger partial charge is 0.186 e. The number of aromatic amines is 1. The molecule has 1 fully saturated rings. The second kappa shape index (κ2) is 7.26. The normalized spacial score (nSPS) is 21.7. The lowest BCUT2D eigenvalue weighted by molar-refractivity contribution is -0.0215. The summed E-state index contributed by atoms with van der Waals surface area (Å²) in [5, 5.41) is 3.42. The van der Waals surface area contributed by atoms with Crippen LogP contribution in [-0.4, -0.2) is 28.5 Å². The molecule has 5 N–H and O–H groups in total. The van der Waals surface area contributed by atoms with Crippen LogP contribution < -0.4 is 11.6 Å². The standard InChI is InChI=1S/C16H21N5O2/c17-15(21-18)16-19-8-13(20-16)14-7-6-12(23-14)10-22-9-11-4-2-1-3-5-11/h1-5,8,12,14H,6-7,9-10,18H2,(H2,17,21)(H,19,20)/t12-,14+/m0/s1. The Morgan fingerprint density at radius 3 is 2.96 bits per heavy atom. The lowest BCUT2D eigenvalue weighted by Crippen LogP contribution is -2.17. The number of hydrogen-bond acceptors (Lipinski definition) is 5. The number of rotatable bonds is 6. The average molecular weight is 315 g/mol. The molecule has 1 aromatic carbocycles. The van der Waals surface area contributed by atoms with Gasteiger partial charge in [0.15, 0.2) is 11.7 Å². The monoisotopic (exact) mass is 315 g/mol. The van der Waals surface area contributed by atoms with Crippen LogP contribution in [0.15, 0.2) is 41.6 Å². The zero-order chi connectivity index (χ0) is 16.1. The first kappa shape index (κ1) is 15.5.